The van der Waals surface area contributed by atoms with Crippen LogP contribution in [-0.2, 0) is 26.4 Å². The first-order valence-electron chi connectivity index (χ1n) is 7.70. The second kappa shape index (κ2) is 5.87. The summed E-state index contributed by atoms with van der Waals surface area (Å²) >= 11 is 0. The predicted octanol–water partition coefficient (Wildman–Crippen LogP) is 1.75. The van der Waals surface area contributed by atoms with Gasteiger partial charge in [0.2, 0.25) is 0 Å². The molecule has 6 heteroatoms. The first-order valence-corrected chi connectivity index (χ1v) is 7.70. The highest BCUT2D eigenvalue weighted by Crippen LogP contribution is 2.18. The van der Waals surface area contributed by atoms with Gasteiger partial charge < -0.3 is 5.32 Å². The molecule has 3 rings (SSSR count). The molecule has 1 aliphatic rings. The highest BCUT2D eigenvalue weighted by molar-refractivity contribution is 5.92. The van der Waals surface area contributed by atoms with Gasteiger partial charge in [-0.25, -0.2) is 9.97 Å². The SMILES string of the molecule is CC(C)c1cc(C(=O)NCc2ncc3c(n2)CCC3)n(C)n1. The van der Waals surface area contributed by atoms with Crippen molar-refractivity contribution >= 4 is 5.91 Å². The molecule has 22 heavy (non-hydrogen) atoms. The van der Waals surface area contributed by atoms with Gasteiger partial charge in [-0.15, -0.1) is 0 Å². The minimum Gasteiger partial charge on any atom is -0.343 e. The minimum atomic E-state index is -0.147. The lowest BCUT2D eigenvalue weighted by Crippen LogP contribution is -2.26. The van der Waals surface area contributed by atoms with Gasteiger partial charge in [-0.05, 0) is 36.8 Å². The fourth-order valence-electron chi connectivity index (χ4n) is 2.67. The maximum absolute atomic E-state index is 12.3. The van der Waals surface area contributed by atoms with Crippen molar-refractivity contribution in [3.05, 3.63) is 40.7 Å². The van der Waals surface area contributed by atoms with E-state index in [0.29, 0.717) is 24.0 Å². The molecule has 0 unspecified atom stereocenters. The van der Waals surface area contributed by atoms with E-state index in [1.807, 2.05) is 12.3 Å². The van der Waals surface area contributed by atoms with Crippen molar-refractivity contribution in [1.29, 1.82) is 0 Å². The van der Waals surface area contributed by atoms with Gasteiger partial charge in [-0.3, -0.25) is 9.48 Å². The molecule has 0 aliphatic heterocycles. The van der Waals surface area contributed by atoms with Crippen molar-refractivity contribution in [2.24, 2.45) is 7.05 Å². The first kappa shape index (κ1) is 14.7. The summed E-state index contributed by atoms with van der Waals surface area (Å²) in [5, 5.41) is 7.23. The number of nitrogens with zero attached hydrogens (tertiary/aromatic N) is 4. The molecule has 6 nitrogen and oxygen atoms in total. The third-order valence-electron chi connectivity index (χ3n) is 3.99. The van der Waals surface area contributed by atoms with E-state index in [1.165, 1.54) is 5.56 Å². The monoisotopic (exact) mass is 299 g/mol. The van der Waals surface area contributed by atoms with E-state index in [4.69, 9.17) is 0 Å². The van der Waals surface area contributed by atoms with E-state index in [-0.39, 0.29) is 5.91 Å². The van der Waals surface area contributed by atoms with Crippen LogP contribution in [0.25, 0.3) is 0 Å². The Bertz CT molecular complexity index is 705. The molecular weight excluding hydrogens is 278 g/mol. The average Bonchev–Trinajstić information content (AvgIpc) is 3.10. The highest BCUT2D eigenvalue weighted by atomic mass is 16.2. The Balaban J connectivity index is 1.67. The van der Waals surface area contributed by atoms with Crippen molar-refractivity contribution in [3.8, 4) is 0 Å². The summed E-state index contributed by atoms with van der Waals surface area (Å²) in [6.07, 6.45) is 5.11. The van der Waals surface area contributed by atoms with Crippen LogP contribution in [0.15, 0.2) is 12.3 Å². The van der Waals surface area contributed by atoms with Crippen LogP contribution in [0.3, 0.4) is 0 Å². The van der Waals surface area contributed by atoms with Crippen molar-refractivity contribution < 1.29 is 4.79 Å². The molecule has 2 heterocycles. The summed E-state index contributed by atoms with van der Waals surface area (Å²) in [5.41, 5.74) is 3.84. The molecule has 0 radical (unpaired) electrons. The number of carbonyl (C=O) groups is 1. The number of hydrogen-bond donors (Lipinski definition) is 1. The lowest BCUT2D eigenvalue weighted by Gasteiger charge is -2.06. The van der Waals surface area contributed by atoms with Gasteiger partial charge in [0.05, 0.1) is 12.2 Å². The molecule has 1 amide bonds. The number of aromatic nitrogens is 4. The molecule has 2 aromatic heterocycles. The average molecular weight is 299 g/mol. The van der Waals surface area contributed by atoms with Crippen LogP contribution < -0.4 is 5.32 Å². The summed E-state index contributed by atoms with van der Waals surface area (Å²) in [6.45, 7) is 4.46. The Morgan fingerprint density at radius 1 is 1.41 bits per heavy atom. The Kier molecular flexibility index (Phi) is 3.92. The van der Waals surface area contributed by atoms with Crippen molar-refractivity contribution in [2.45, 2.75) is 45.6 Å². The number of amides is 1. The number of hydrogen-bond acceptors (Lipinski definition) is 4. The highest BCUT2D eigenvalue weighted by Gasteiger charge is 2.16. The molecule has 0 saturated heterocycles. The maximum Gasteiger partial charge on any atom is 0.269 e. The second-order valence-corrected chi connectivity index (χ2v) is 6.03. The van der Waals surface area contributed by atoms with Gasteiger partial charge >= 0.3 is 0 Å². The van der Waals surface area contributed by atoms with Gasteiger partial charge in [0, 0.05) is 18.9 Å². The molecule has 0 spiro atoms. The standard InChI is InChI=1S/C16H21N5O/c1-10(2)13-7-14(21(3)20-13)16(22)18-9-15-17-8-11-5-4-6-12(11)19-15/h7-8,10H,4-6,9H2,1-3H3,(H,18,22). The molecule has 2 aromatic rings. The number of aryl methyl sites for hydroxylation is 3. The van der Waals surface area contributed by atoms with E-state index < -0.39 is 0 Å². The van der Waals surface area contributed by atoms with Crippen LogP contribution in [0.2, 0.25) is 0 Å². The summed E-state index contributed by atoms with van der Waals surface area (Å²) in [4.78, 5) is 21.1. The van der Waals surface area contributed by atoms with Crippen molar-refractivity contribution in [3.63, 3.8) is 0 Å². The predicted molar refractivity (Wildman–Crippen MR) is 82.5 cm³/mol. The fourth-order valence-corrected chi connectivity index (χ4v) is 2.67. The van der Waals surface area contributed by atoms with Crippen LogP contribution in [0.1, 0.15) is 59.5 Å². The van der Waals surface area contributed by atoms with E-state index in [0.717, 1.165) is 30.7 Å². The summed E-state index contributed by atoms with van der Waals surface area (Å²) in [6, 6.07) is 1.84. The van der Waals surface area contributed by atoms with E-state index in [9.17, 15) is 4.79 Å². The molecule has 1 N–H and O–H groups in total. The number of rotatable bonds is 4. The van der Waals surface area contributed by atoms with Gasteiger partial charge in [0.1, 0.15) is 11.5 Å². The number of fused-ring (bicyclic) bond motifs is 1. The summed E-state index contributed by atoms with van der Waals surface area (Å²) < 4.78 is 1.62. The van der Waals surface area contributed by atoms with Crippen LogP contribution in [-0.4, -0.2) is 25.7 Å². The molecule has 0 atom stereocenters. The van der Waals surface area contributed by atoms with Crippen LogP contribution in [0.4, 0.5) is 0 Å². The van der Waals surface area contributed by atoms with Gasteiger partial charge in [0.15, 0.2) is 0 Å². The van der Waals surface area contributed by atoms with E-state index in [2.05, 4.69) is 34.2 Å². The van der Waals surface area contributed by atoms with Gasteiger partial charge in [-0.1, -0.05) is 13.8 Å². The van der Waals surface area contributed by atoms with Crippen molar-refractivity contribution in [1.82, 2.24) is 25.1 Å². The van der Waals surface area contributed by atoms with Crippen LogP contribution in [0.5, 0.6) is 0 Å². The molecule has 0 bridgehead atoms. The molecule has 0 aromatic carbocycles. The second-order valence-electron chi connectivity index (χ2n) is 6.03. The molecule has 0 fully saturated rings. The summed E-state index contributed by atoms with van der Waals surface area (Å²) in [5.74, 6) is 0.819. The Hall–Kier alpha value is -2.24. The molecular formula is C16H21N5O. The lowest BCUT2D eigenvalue weighted by atomic mass is 10.1. The number of carbonyl (C=O) groups excluding carboxylic acids is 1. The molecule has 116 valence electrons. The smallest absolute Gasteiger partial charge is 0.269 e. The largest absolute Gasteiger partial charge is 0.343 e. The normalized spacial score (nSPS) is 13.5. The minimum absolute atomic E-state index is 0.147. The zero-order valence-electron chi connectivity index (χ0n) is 13.3. The Morgan fingerprint density at radius 3 is 2.95 bits per heavy atom. The fraction of sp³-hybridized carbons (Fsp3) is 0.500. The van der Waals surface area contributed by atoms with Crippen LogP contribution in [0, 0.1) is 0 Å². The first-order chi connectivity index (χ1) is 10.5. The lowest BCUT2D eigenvalue weighted by molar-refractivity contribution is 0.0940. The Morgan fingerprint density at radius 2 is 2.23 bits per heavy atom. The van der Waals surface area contributed by atoms with Crippen LogP contribution >= 0.6 is 0 Å². The topological polar surface area (TPSA) is 72.7 Å². The third kappa shape index (κ3) is 2.86. The van der Waals surface area contributed by atoms with E-state index in [1.54, 1.807) is 11.7 Å². The molecule has 0 saturated carbocycles. The molecule has 1 aliphatic carbocycles. The maximum atomic E-state index is 12.3. The van der Waals surface area contributed by atoms with Gasteiger partial charge in [0.25, 0.3) is 5.91 Å². The zero-order valence-corrected chi connectivity index (χ0v) is 13.3. The Labute approximate surface area is 130 Å². The third-order valence-corrected chi connectivity index (χ3v) is 3.99. The number of nitrogens with one attached hydrogen (secondary N) is 1. The van der Waals surface area contributed by atoms with E-state index >= 15 is 0 Å². The van der Waals surface area contributed by atoms with Gasteiger partial charge in [-0.2, -0.15) is 5.10 Å². The van der Waals surface area contributed by atoms with Crippen molar-refractivity contribution in [2.75, 3.05) is 0 Å². The summed E-state index contributed by atoms with van der Waals surface area (Å²) in [7, 11) is 1.78. The quantitative estimate of drug-likeness (QED) is 0.933. The zero-order chi connectivity index (χ0) is 15.7.